The first-order valence-electron chi connectivity index (χ1n) is 5.84. The first-order valence-corrected chi connectivity index (χ1v) is 7.45. The highest BCUT2D eigenvalue weighted by molar-refractivity contribution is 9.11. The van der Waals surface area contributed by atoms with Gasteiger partial charge in [-0.25, -0.2) is 0 Å². The number of amides is 1. The second-order valence-corrected chi connectivity index (χ2v) is 7.18. The SMILES string of the molecule is CC1(CN)CCCCN1C(=O)c1ccc(Br)s1. The molecule has 0 spiro atoms. The lowest BCUT2D eigenvalue weighted by atomic mass is 9.88. The van der Waals surface area contributed by atoms with Crippen molar-refractivity contribution in [3.8, 4) is 0 Å². The summed E-state index contributed by atoms with van der Waals surface area (Å²) in [5.41, 5.74) is 5.67. The highest BCUT2D eigenvalue weighted by Crippen LogP contribution is 2.31. The molecule has 1 fully saturated rings. The van der Waals surface area contributed by atoms with Gasteiger partial charge < -0.3 is 10.6 Å². The molecule has 1 aliphatic rings. The molecular weight excluding hydrogens is 300 g/mol. The van der Waals surface area contributed by atoms with E-state index >= 15 is 0 Å². The number of thiophene rings is 1. The van der Waals surface area contributed by atoms with Crippen molar-refractivity contribution in [2.75, 3.05) is 13.1 Å². The van der Waals surface area contributed by atoms with Crippen LogP contribution in [0.5, 0.6) is 0 Å². The van der Waals surface area contributed by atoms with Crippen LogP contribution in [-0.2, 0) is 0 Å². The third-order valence-electron chi connectivity index (χ3n) is 3.47. The van der Waals surface area contributed by atoms with Crippen molar-refractivity contribution in [2.45, 2.75) is 31.7 Å². The first-order chi connectivity index (χ1) is 8.07. The molecular formula is C12H17BrN2OS. The van der Waals surface area contributed by atoms with Gasteiger partial charge in [-0.1, -0.05) is 0 Å². The summed E-state index contributed by atoms with van der Waals surface area (Å²) in [5.74, 6) is 0.119. The number of nitrogens with two attached hydrogens (primary N) is 1. The third kappa shape index (κ3) is 2.56. The van der Waals surface area contributed by atoms with Crippen molar-refractivity contribution in [3.05, 3.63) is 20.8 Å². The Labute approximate surface area is 114 Å². The van der Waals surface area contributed by atoms with E-state index < -0.39 is 0 Å². The van der Waals surface area contributed by atoms with E-state index in [0.717, 1.165) is 34.5 Å². The minimum Gasteiger partial charge on any atom is -0.331 e. The fraction of sp³-hybridized carbons (Fsp3) is 0.583. The molecule has 17 heavy (non-hydrogen) atoms. The van der Waals surface area contributed by atoms with E-state index in [1.54, 1.807) is 0 Å². The van der Waals surface area contributed by atoms with Crippen molar-refractivity contribution in [1.82, 2.24) is 4.90 Å². The van der Waals surface area contributed by atoms with Crippen LogP contribution in [0.3, 0.4) is 0 Å². The summed E-state index contributed by atoms with van der Waals surface area (Å²) in [6, 6.07) is 3.80. The minimum absolute atomic E-state index is 0.119. The summed E-state index contributed by atoms with van der Waals surface area (Å²) in [7, 11) is 0. The molecule has 2 N–H and O–H groups in total. The quantitative estimate of drug-likeness (QED) is 0.912. The molecule has 5 heteroatoms. The molecule has 1 aromatic rings. The molecule has 0 bridgehead atoms. The van der Waals surface area contributed by atoms with Crippen LogP contribution < -0.4 is 5.73 Å². The van der Waals surface area contributed by atoms with Crippen LogP contribution in [0, 0.1) is 0 Å². The van der Waals surface area contributed by atoms with Crippen molar-refractivity contribution < 1.29 is 4.79 Å². The van der Waals surface area contributed by atoms with Crippen LogP contribution in [0.25, 0.3) is 0 Å². The highest BCUT2D eigenvalue weighted by Gasteiger charge is 2.36. The van der Waals surface area contributed by atoms with Gasteiger partial charge in [0.2, 0.25) is 0 Å². The predicted octanol–water partition coefficient (Wildman–Crippen LogP) is 2.85. The van der Waals surface area contributed by atoms with Gasteiger partial charge in [0.1, 0.15) is 0 Å². The van der Waals surface area contributed by atoms with Gasteiger partial charge in [-0.15, -0.1) is 11.3 Å². The molecule has 1 amide bonds. The molecule has 0 aromatic carbocycles. The Morgan fingerprint density at radius 3 is 2.94 bits per heavy atom. The van der Waals surface area contributed by atoms with Crippen molar-refractivity contribution in [3.63, 3.8) is 0 Å². The Kier molecular flexibility index (Phi) is 3.90. The maximum atomic E-state index is 12.4. The average molecular weight is 317 g/mol. The summed E-state index contributed by atoms with van der Waals surface area (Å²) < 4.78 is 0.993. The Morgan fingerprint density at radius 2 is 2.35 bits per heavy atom. The molecule has 3 nitrogen and oxygen atoms in total. The second-order valence-electron chi connectivity index (χ2n) is 4.72. The maximum Gasteiger partial charge on any atom is 0.264 e. The number of hydrogen-bond acceptors (Lipinski definition) is 3. The fourth-order valence-corrected chi connectivity index (χ4v) is 3.64. The van der Waals surface area contributed by atoms with Crippen LogP contribution in [0.15, 0.2) is 15.9 Å². The van der Waals surface area contributed by atoms with E-state index in [0.29, 0.717) is 6.54 Å². The van der Waals surface area contributed by atoms with Gasteiger partial charge in [0.05, 0.1) is 14.2 Å². The van der Waals surface area contributed by atoms with Crippen LogP contribution in [-0.4, -0.2) is 29.4 Å². The van der Waals surface area contributed by atoms with E-state index in [-0.39, 0.29) is 11.4 Å². The smallest absolute Gasteiger partial charge is 0.264 e. The van der Waals surface area contributed by atoms with Gasteiger partial charge in [0.25, 0.3) is 5.91 Å². The zero-order valence-electron chi connectivity index (χ0n) is 9.91. The molecule has 1 aromatic heterocycles. The Hall–Kier alpha value is -0.390. The van der Waals surface area contributed by atoms with E-state index in [4.69, 9.17) is 5.73 Å². The minimum atomic E-state index is -0.175. The number of piperidine rings is 1. The topological polar surface area (TPSA) is 46.3 Å². The van der Waals surface area contributed by atoms with E-state index in [1.165, 1.54) is 11.3 Å². The number of nitrogens with zero attached hydrogens (tertiary/aromatic N) is 1. The lowest BCUT2D eigenvalue weighted by Gasteiger charge is -2.44. The van der Waals surface area contributed by atoms with Gasteiger partial charge in [0.15, 0.2) is 0 Å². The van der Waals surface area contributed by atoms with Gasteiger partial charge in [-0.2, -0.15) is 0 Å². The van der Waals surface area contributed by atoms with Crippen molar-refractivity contribution >= 4 is 33.2 Å². The Morgan fingerprint density at radius 1 is 1.59 bits per heavy atom. The molecule has 94 valence electrons. The second kappa shape index (κ2) is 5.08. The molecule has 0 saturated carbocycles. The molecule has 1 aliphatic heterocycles. The Balaban J connectivity index is 2.22. The lowest BCUT2D eigenvalue weighted by molar-refractivity contribution is 0.0408. The summed E-state index contributed by atoms with van der Waals surface area (Å²) in [5, 5.41) is 0. The number of carbonyl (C=O) groups is 1. The number of halogens is 1. The van der Waals surface area contributed by atoms with Crippen LogP contribution >= 0.6 is 27.3 Å². The molecule has 0 radical (unpaired) electrons. The highest BCUT2D eigenvalue weighted by atomic mass is 79.9. The molecule has 1 atom stereocenters. The average Bonchev–Trinajstić information content (AvgIpc) is 2.76. The van der Waals surface area contributed by atoms with E-state index in [9.17, 15) is 4.79 Å². The van der Waals surface area contributed by atoms with Gasteiger partial charge in [-0.3, -0.25) is 4.79 Å². The normalized spacial score (nSPS) is 25.0. The van der Waals surface area contributed by atoms with E-state index in [2.05, 4.69) is 22.9 Å². The van der Waals surface area contributed by atoms with Crippen LogP contribution in [0.4, 0.5) is 0 Å². The summed E-state index contributed by atoms with van der Waals surface area (Å²) in [4.78, 5) is 15.2. The zero-order valence-corrected chi connectivity index (χ0v) is 12.3. The number of carbonyl (C=O) groups excluding carboxylic acids is 1. The monoisotopic (exact) mass is 316 g/mol. The summed E-state index contributed by atoms with van der Waals surface area (Å²) >= 11 is 4.88. The maximum absolute atomic E-state index is 12.4. The van der Waals surface area contributed by atoms with Gasteiger partial charge in [0, 0.05) is 13.1 Å². The predicted molar refractivity (Wildman–Crippen MR) is 74.4 cm³/mol. The largest absolute Gasteiger partial charge is 0.331 e. The number of hydrogen-bond donors (Lipinski definition) is 1. The first kappa shape index (κ1) is 13.1. The van der Waals surface area contributed by atoms with E-state index in [1.807, 2.05) is 17.0 Å². The zero-order chi connectivity index (χ0) is 12.5. The van der Waals surface area contributed by atoms with Crippen LogP contribution in [0.2, 0.25) is 0 Å². The molecule has 1 saturated heterocycles. The summed E-state index contributed by atoms with van der Waals surface area (Å²) in [6.45, 7) is 3.44. The number of rotatable bonds is 2. The molecule has 2 rings (SSSR count). The molecule has 0 aliphatic carbocycles. The molecule has 2 heterocycles. The lowest BCUT2D eigenvalue weighted by Crippen LogP contribution is -2.56. The van der Waals surface area contributed by atoms with Crippen LogP contribution in [0.1, 0.15) is 35.9 Å². The number of likely N-dealkylation sites (tertiary alicyclic amines) is 1. The standard InChI is InChI=1S/C12H17BrN2OS/c1-12(8-14)6-2-3-7-15(12)11(16)9-4-5-10(13)17-9/h4-5H,2-3,6-8,14H2,1H3. The molecule has 1 unspecified atom stereocenters. The third-order valence-corrected chi connectivity index (χ3v) is 5.08. The van der Waals surface area contributed by atoms with Crippen molar-refractivity contribution in [1.29, 1.82) is 0 Å². The fourth-order valence-electron chi connectivity index (χ4n) is 2.30. The van der Waals surface area contributed by atoms with Crippen molar-refractivity contribution in [2.24, 2.45) is 5.73 Å². The van der Waals surface area contributed by atoms with Gasteiger partial charge in [-0.05, 0) is 54.2 Å². The summed E-state index contributed by atoms with van der Waals surface area (Å²) in [6.07, 6.45) is 3.24. The Bertz CT molecular complexity index is 420. The van der Waals surface area contributed by atoms with Gasteiger partial charge >= 0.3 is 0 Å².